The smallest absolute Gasteiger partial charge is 0.236 e. The Kier molecular flexibility index (Phi) is 6.42. The summed E-state index contributed by atoms with van der Waals surface area (Å²) in [7, 11) is 4.14. The maximum Gasteiger partial charge on any atom is 0.236 e. The van der Waals surface area contributed by atoms with Crippen LogP contribution in [-0.4, -0.2) is 62.5 Å². The van der Waals surface area contributed by atoms with Crippen molar-refractivity contribution in [1.29, 1.82) is 0 Å². The number of amides is 1. The van der Waals surface area contributed by atoms with Crippen molar-refractivity contribution >= 4 is 5.91 Å². The van der Waals surface area contributed by atoms with Crippen molar-refractivity contribution < 1.29 is 4.79 Å². The zero-order valence-electron chi connectivity index (χ0n) is 10.7. The standard InChI is InChI=1S/C12H25N3O/c1-14(2)8-6-7-13-11-12(16)15-9-4-3-5-10-15/h13H,3-11H2,1-2H3. The number of rotatable bonds is 6. The fourth-order valence-corrected chi connectivity index (χ4v) is 1.97. The van der Waals surface area contributed by atoms with Gasteiger partial charge in [0.25, 0.3) is 0 Å². The topological polar surface area (TPSA) is 35.6 Å². The van der Waals surface area contributed by atoms with Gasteiger partial charge in [-0.2, -0.15) is 0 Å². The number of nitrogens with one attached hydrogen (secondary N) is 1. The SMILES string of the molecule is CN(C)CCCNCC(=O)N1CCCCC1. The third-order valence-electron chi connectivity index (χ3n) is 2.94. The van der Waals surface area contributed by atoms with Gasteiger partial charge in [0.15, 0.2) is 0 Å². The van der Waals surface area contributed by atoms with Gasteiger partial charge in [0.2, 0.25) is 5.91 Å². The summed E-state index contributed by atoms with van der Waals surface area (Å²) < 4.78 is 0. The van der Waals surface area contributed by atoms with Crippen LogP contribution in [0.1, 0.15) is 25.7 Å². The molecule has 0 aliphatic carbocycles. The Balaban J connectivity index is 2.01. The van der Waals surface area contributed by atoms with E-state index in [0.29, 0.717) is 6.54 Å². The first-order chi connectivity index (χ1) is 7.70. The van der Waals surface area contributed by atoms with Gasteiger partial charge in [-0.1, -0.05) is 0 Å². The highest BCUT2D eigenvalue weighted by Crippen LogP contribution is 2.07. The van der Waals surface area contributed by atoms with Crippen LogP contribution in [0.5, 0.6) is 0 Å². The first kappa shape index (κ1) is 13.5. The van der Waals surface area contributed by atoms with Crippen LogP contribution in [0.4, 0.5) is 0 Å². The van der Waals surface area contributed by atoms with Gasteiger partial charge in [-0.3, -0.25) is 4.79 Å². The highest BCUT2D eigenvalue weighted by Gasteiger charge is 2.15. The van der Waals surface area contributed by atoms with Gasteiger partial charge < -0.3 is 15.1 Å². The van der Waals surface area contributed by atoms with E-state index < -0.39 is 0 Å². The van der Waals surface area contributed by atoms with E-state index in [1.165, 1.54) is 19.3 Å². The minimum Gasteiger partial charge on any atom is -0.342 e. The summed E-state index contributed by atoms with van der Waals surface area (Å²) in [6.45, 7) is 4.42. The van der Waals surface area contributed by atoms with Crippen LogP contribution < -0.4 is 5.32 Å². The lowest BCUT2D eigenvalue weighted by molar-refractivity contribution is -0.131. The summed E-state index contributed by atoms with van der Waals surface area (Å²) >= 11 is 0. The Hall–Kier alpha value is -0.610. The lowest BCUT2D eigenvalue weighted by Gasteiger charge is -2.26. The predicted molar refractivity (Wildman–Crippen MR) is 66.5 cm³/mol. The number of nitrogens with zero attached hydrogens (tertiary/aromatic N) is 2. The molecule has 0 aromatic carbocycles. The van der Waals surface area contributed by atoms with Crippen molar-refractivity contribution in [2.24, 2.45) is 0 Å². The fourth-order valence-electron chi connectivity index (χ4n) is 1.97. The van der Waals surface area contributed by atoms with Crippen molar-refractivity contribution in [3.8, 4) is 0 Å². The highest BCUT2D eigenvalue weighted by molar-refractivity contribution is 5.78. The molecular formula is C12H25N3O. The molecular weight excluding hydrogens is 202 g/mol. The summed E-state index contributed by atoms with van der Waals surface area (Å²) in [6.07, 6.45) is 4.72. The molecule has 94 valence electrons. The van der Waals surface area contributed by atoms with Crippen molar-refractivity contribution in [2.75, 3.05) is 46.8 Å². The zero-order chi connectivity index (χ0) is 11.8. The Labute approximate surface area is 99.0 Å². The highest BCUT2D eigenvalue weighted by atomic mass is 16.2. The molecule has 4 heteroatoms. The van der Waals surface area contributed by atoms with Crippen molar-refractivity contribution in [3.05, 3.63) is 0 Å². The molecule has 16 heavy (non-hydrogen) atoms. The number of hydrogen-bond donors (Lipinski definition) is 1. The molecule has 0 radical (unpaired) electrons. The predicted octanol–water partition coefficient (Wildman–Crippen LogP) is 0.540. The van der Waals surface area contributed by atoms with E-state index in [1.54, 1.807) is 0 Å². The molecule has 1 aliphatic rings. The van der Waals surface area contributed by atoms with Crippen LogP contribution in [0.2, 0.25) is 0 Å². The number of likely N-dealkylation sites (tertiary alicyclic amines) is 1. The molecule has 0 bridgehead atoms. The third-order valence-corrected chi connectivity index (χ3v) is 2.94. The molecule has 0 aromatic rings. The van der Waals surface area contributed by atoms with Crippen molar-refractivity contribution in [3.63, 3.8) is 0 Å². The average molecular weight is 227 g/mol. The molecule has 1 aliphatic heterocycles. The Morgan fingerprint density at radius 1 is 1.25 bits per heavy atom. The Morgan fingerprint density at radius 2 is 1.94 bits per heavy atom. The van der Waals surface area contributed by atoms with E-state index in [4.69, 9.17) is 0 Å². The van der Waals surface area contributed by atoms with E-state index in [9.17, 15) is 4.79 Å². The van der Waals surface area contributed by atoms with E-state index in [2.05, 4.69) is 24.3 Å². The molecule has 1 amide bonds. The molecule has 1 heterocycles. The number of carbonyl (C=O) groups is 1. The Bertz CT molecular complexity index is 200. The van der Waals surface area contributed by atoms with Crippen LogP contribution >= 0.6 is 0 Å². The Morgan fingerprint density at radius 3 is 2.56 bits per heavy atom. The number of carbonyl (C=O) groups excluding carboxylic acids is 1. The number of hydrogen-bond acceptors (Lipinski definition) is 3. The van der Waals surface area contributed by atoms with E-state index in [0.717, 1.165) is 32.6 Å². The molecule has 0 atom stereocenters. The van der Waals surface area contributed by atoms with Crippen LogP contribution in [0.15, 0.2) is 0 Å². The minimum atomic E-state index is 0.268. The first-order valence-electron chi connectivity index (χ1n) is 6.33. The maximum absolute atomic E-state index is 11.7. The molecule has 1 N–H and O–H groups in total. The van der Waals surface area contributed by atoms with Gasteiger partial charge >= 0.3 is 0 Å². The van der Waals surface area contributed by atoms with Crippen molar-refractivity contribution in [2.45, 2.75) is 25.7 Å². The van der Waals surface area contributed by atoms with Crippen LogP contribution in [-0.2, 0) is 4.79 Å². The largest absolute Gasteiger partial charge is 0.342 e. The maximum atomic E-state index is 11.7. The second kappa shape index (κ2) is 7.63. The van der Waals surface area contributed by atoms with Crippen LogP contribution in [0.25, 0.3) is 0 Å². The van der Waals surface area contributed by atoms with Gasteiger partial charge in [0.05, 0.1) is 6.54 Å². The second-order valence-electron chi connectivity index (χ2n) is 4.78. The van der Waals surface area contributed by atoms with E-state index in [-0.39, 0.29) is 5.91 Å². The summed E-state index contributed by atoms with van der Waals surface area (Å²) in [5, 5.41) is 3.22. The first-order valence-corrected chi connectivity index (χ1v) is 6.33. The van der Waals surface area contributed by atoms with Gasteiger partial charge in [0, 0.05) is 13.1 Å². The molecule has 0 saturated carbocycles. The average Bonchev–Trinajstić information content (AvgIpc) is 2.29. The number of piperidine rings is 1. The summed E-state index contributed by atoms with van der Waals surface area (Å²) in [4.78, 5) is 15.9. The van der Waals surface area contributed by atoms with Crippen molar-refractivity contribution in [1.82, 2.24) is 15.1 Å². The molecule has 0 spiro atoms. The molecule has 0 aromatic heterocycles. The minimum absolute atomic E-state index is 0.268. The summed E-state index contributed by atoms with van der Waals surface area (Å²) in [5.74, 6) is 0.268. The molecule has 1 saturated heterocycles. The molecule has 1 fully saturated rings. The van der Waals surface area contributed by atoms with Crippen LogP contribution in [0.3, 0.4) is 0 Å². The van der Waals surface area contributed by atoms with E-state index in [1.807, 2.05) is 4.90 Å². The quantitative estimate of drug-likeness (QED) is 0.673. The lowest BCUT2D eigenvalue weighted by Crippen LogP contribution is -2.41. The molecule has 4 nitrogen and oxygen atoms in total. The normalized spacial score (nSPS) is 16.8. The lowest BCUT2D eigenvalue weighted by atomic mass is 10.1. The van der Waals surface area contributed by atoms with E-state index >= 15 is 0 Å². The van der Waals surface area contributed by atoms with Gasteiger partial charge in [0.1, 0.15) is 0 Å². The van der Waals surface area contributed by atoms with Gasteiger partial charge in [-0.15, -0.1) is 0 Å². The summed E-state index contributed by atoms with van der Waals surface area (Å²) in [5.41, 5.74) is 0. The molecule has 0 unspecified atom stereocenters. The third kappa shape index (κ3) is 5.47. The monoisotopic (exact) mass is 227 g/mol. The second-order valence-corrected chi connectivity index (χ2v) is 4.78. The fraction of sp³-hybridized carbons (Fsp3) is 0.917. The van der Waals surface area contributed by atoms with Crippen LogP contribution in [0, 0.1) is 0 Å². The summed E-state index contributed by atoms with van der Waals surface area (Å²) in [6, 6.07) is 0. The van der Waals surface area contributed by atoms with Gasteiger partial charge in [-0.05, 0) is 52.9 Å². The molecule has 1 rings (SSSR count). The zero-order valence-corrected chi connectivity index (χ0v) is 10.7. The van der Waals surface area contributed by atoms with Gasteiger partial charge in [-0.25, -0.2) is 0 Å².